The van der Waals surface area contributed by atoms with Crippen LogP contribution in [0.4, 0.5) is 15.8 Å². The van der Waals surface area contributed by atoms with E-state index in [0.29, 0.717) is 36.4 Å². The maximum Gasteiger partial charge on any atom is 0.338 e. The molecule has 1 saturated heterocycles. The van der Waals surface area contributed by atoms with E-state index in [0.717, 1.165) is 62.5 Å². The Morgan fingerprint density at radius 1 is 1.02 bits per heavy atom. The molecule has 0 saturated carbocycles. The van der Waals surface area contributed by atoms with Crippen LogP contribution in [0.25, 0.3) is 11.1 Å². The molecule has 2 aliphatic rings. The number of sulfonamides is 1. The number of benzene rings is 3. The predicted molar refractivity (Wildman–Crippen MR) is 160 cm³/mol. The molecule has 3 aromatic rings. The summed E-state index contributed by atoms with van der Waals surface area (Å²) in [5, 5.41) is 9.62. The number of carboxylic acids is 1. The Bertz CT molecular complexity index is 1510. The van der Waals surface area contributed by atoms with E-state index in [2.05, 4.69) is 16.7 Å². The molecule has 2 aliphatic heterocycles. The van der Waals surface area contributed by atoms with Gasteiger partial charge >= 0.3 is 5.97 Å². The van der Waals surface area contributed by atoms with Crippen LogP contribution >= 0.6 is 0 Å². The van der Waals surface area contributed by atoms with Crippen LogP contribution in [-0.2, 0) is 16.6 Å². The standard InChI is InChI=1S/C32H38FN3O4S/c1-3-5-11-26-22-35(25-12-7-6-8-13-25)30-19-24(21-34-16-9-10-17-34)27(20-31(30)41(39,40)36(26)4-2)23-14-15-29(33)28(18-23)32(37)38/h6-8,12-15,18-20,26H,3-5,9-11,16-17,21-22H2,1-2H3,(H,37,38). The van der Waals surface area contributed by atoms with Crippen LogP contribution in [0.3, 0.4) is 0 Å². The molecule has 1 N–H and O–H groups in total. The van der Waals surface area contributed by atoms with E-state index in [-0.39, 0.29) is 10.9 Å². The van der Waals surface area contributed by atoms with Crippen LogP contribution in [0.5, 0.6) is 0 Å². The Labute approximate surface area is 242 Å². The summed E-state index contributed by atoms with van der Waals surface area (Å²) in [6.45, 7) is 7.29. The molecular weight excluding hydrogens is 541 g/mol. The predicted octanol–water partition coefficient (Wildman–Crippen LogP) is 6.51. The number of halogens is 1. The second kappa shape index (κ2) is 12.3. The van der Waals surface area contributed by atoms with Gasteiger partial charge in [0.15, 0.2) is 0 Å². The minimum atomic E-state index is -3.91. The van der Waals surface area contributed by atoms with E-state index in [4.69, 9.17) is 0 Å². The number of rotatable bonds is 9. The molecule has 5 rings (SSSR count). The Hall–Kier alpha value is -3.27. The Morgan fingerprint density at radius 3 is 2.41 bits per heavy atom. The molecule has 41 heavy (non-hydrogen) atoms. The van der Waals surface area contributed by atoms with Gasteiger partial charge in [-0.25, -0.2) is 17.6 Å². The van der Waals surface area contributed by atoms with Crippen molar-refractivity contribution >= 4 is 27.4 Å². The normalized spacial score (nSPS) is 19.2. The van der Waals surface area contributed by atoms with Crippen molar-refractivity contribution in [3.8, 4) is 11.1 Å². The first-order chi connectivity index (χ1) is 19.7. The second-order valence-corrected chi connectivity index (χ2v) is 12.8. The highest BCUT2D eigenvalue weighted by molar-refractivity contribution is 7.89. The monoisotopic (exact) mass is 579 g/mol. The van der Waals surface area contributed by atoms with Gasteiger partial charge < -0.3 is 10.0 Å². The number of aromatic carboxylic acids is 1. The molecule has 218 valence electrons. The SMILES string of the molecule is CCCCC1CN(c2ccccc2)c2cc(CN3CCCC3)c(-c3ccc(F)c(C(=O)O)c3)cc2S(=O)(=O)N1CC. The molecule has 9 heteroatoms. The highest BCUT2D eigenvalue weighted by Gasteiger charge is 2.39. The van der Waals surface area contributed by atoms with Crippen LogP contribution in [0, 0.1) is 5.82 Å². The summed E-state index contributed by atoms with van der Waals surface area (Å²) in [4.78, 5) is 16.4. The van der Waals surface area contributed by atoms with Gasteiger partial charge in [0, 0.05) is 31.4 Å². The molecule has 0 spiro atoms. The van der Waals surface area contributed by atoms with Gasteiger partial charge in [-0.3, -0.25) is 4.90 Å². The molecule has 0 amide bonds. The zero-order chi connectivity index (χ0) is 29.1. The highest BCUT2D eigenvalue weighted by atomic mass is 32.2. The molecule has 0 aliphatic carbocycles. The summed E-state index contributed by atoms with van der Waals surface area (Å²) in [5.41, 5.74) is 3.08. The van der Waals surface area contributed by atoms with Crippen molar-refractivity contribution in [1.29, 1.82) is 0 Å². The lowest BCUT2D eigenvalue weighted by Crippen LogP contribution is -2.43. The van der Waals surface area contributed by atoms with E-state index in [9.17, 15) is 22.7 Å². The highest BCUT2D eigenvalue weighted by Crippen LogP contribution is 2.42. The quantitative estimate of drug-likeness (QED) is 0.311. The minimum absolute atomic E-state index is 0.184. The molecule has 0 bridgehead atoms. The van der Waals surface area contributed by atoms with Gasteiger partial charge in [0.1, 0.15) is 10.7 Å². The van der Waals surface area contributed by atoms with Crippen LogP contribution in [0.1, 0.15) is 61.9 Å². The first-order valence-corrected chi connectivity index (χ1v) is 16.0. The molecule has 1 unspecified atom stereocenters. The van der Waals surface area contributed by atoms with Gasteiger partial charge in [-0.15, -0.1) is 0 Å². The molecular formula is C32H38FN3O4S. The number of anilines is 2. The molecule has 1 atom stereocenters. The number of unbranched alkanes of at least 4 members (excludes halogenated alkanes) is 1. The van der Waals surface area contributed by atoms with Crippen molar-refractivity contribution < 1.29 is 22.7 Å². The number of carboxylic acid groups (broad SMARTS) is 1. The Balaban J connectivity index is 1.77. The van der Waals surface area contributed by atoms with Gasteiger partial charge in [-0.05, 0) is 85.4 Å². The van der Waals surface area contributed by atoms with Crippen molar-refractivity contribution in [3.63, 3.8) is 0 Å². The summed E-state index contributed by atoms with van der Waals surface area (Å²) in [6.07, 6.45) is 4.81. The minimum Gasteiger partial charge on any atom is -0.478 e. The third-order valence-corrected chi connectivity index (χ3v) is 10.3. The van der Waals surface area contributed by atoms with Crippen LogP contribution in [-0.4, -0.2) is 60.9 Å². The number of fused-ring (bicyclic) bond motifs is 1. The number of likely N-dealkylation sites (N-methyl/N-ethyl adjacent to an activating group) is 1. The lowest BCUT2D eigenvalue weighted by atomic mass is 9.96. The Kier molecular flexibility index (Phi) is 8.77. The van der Waals surface area contributed by atoms with Gasteiger partial charge in [0.05, 0.1) is 11.3 Å². The first kappa shape index (κ1) is 29.2. The van der Waals surface area contributed by atoms with Crippen molar-refractivity contribution in [2.75, 3.05) is 31.1 Å². The number of likely N-dealkylation sites (tertiary alicyclic amines) is 1. The van der Waals surface area contributed by atoms with Gasteiger partial charge in [-0.1, -0.05) is 51.0 Å². The number of hydrogen-bond donors (Lipinski definition) is 1. The summed E-state index contributed by atoms with van der Waals surface area (Å²) < 4.78 is 44.8. The molecule has 0 radical (unpaired) electrons. The maximum atomic E-state index is 14.4. The number of para-hydroxylation sites is 1. The fourth-order valence-electron chi connectivity index (χ4n) is 6.15. The molecule has 3 aromatic carbocycles. The largest absolute Gasteiger partial charge is 0.478 e. The molecule has 0 aromatic heterocycles. The van der Waals surface area contributed by atoms with E-state index < -0.39 is 27.4 Å². The number of hydrogen-bond acceptors (Lipinski definition) is 5. The smallest absolute Gasteiger partial charge is 0.338 e. The summed E-state index contributed by atoms with van der Waals surface area (Å²) in [5.74, 6) is -2.19. The zero-order valence-corrected chi connectivity index (χ0v) is 24.5. The van der Waals surface area contributed by atoms with E-state index >= 15 is 0 Å². The van der Waals surface area contributed by atoms with Crippen LogP contribution in [0.15, 0.2) is 65.6 Å². The van der Waals surface area contributed by atoms with Crippen LogP contribution < -0.4 is 4.90 Å². The number of carbonyl (C=O) groups is 1. The van der Waals surface area contributed by atoms with Crippen LogP contribution in [0.2, 0.25) is 0 Å². The fraction of sp³-hybridized carbons (Fsp3) is 0.406. The number of nitrogens with zero attached hydrogens (tertiary/aromatic N) is 3. The van der Waals surface area contributed by atoms with Gasteiger partial charge in [0.25, 0.3) is 0 Å². The third-order valence-electron chi connectivity index (χ3n) is 8.23. The lowest BCUT2D eigenvalue weighted by molar-refractivity contribution is 0.0692. The Morgan fingerprint density at radius 2 is 1.76 bits per heavy atom. The summed E-state index contributed by atoms with van der Waals surface area (Å²) in [7, 11) is -3.91. The molecule has 2 heterocycles. The second-order valence-electron chi connectivity index (χ2n) is 10.9. The third kappa shape index (κ3) is 5.89. The van der Waals surface area contributed by atoms with Gasteiger partial charge in [0.2, 0.25) is 10.0 Å². The zero-order valence-electron chi connectivity index (χ0n) is 23.7. The van der Waals surface area contributed by atoms with Crippen molar-refractivity contribution in [1.82, 2.24) is 9.21 Å². The molecule has 7 nitrogen and oxygen atoms in total. The van der Waals surface area contributed by atoms with Crippen molar-refractivity contribution in [3.05, 3.63) is 77.6 Å². The summed E-state index contributed by atoms with van der Waals surface area (Å²) in [6, 6.07) is 17.3. The van der Waals surface area contributed by atoms with E-state index in [1.54, 1.807) is 10.4 Å². The lowest BCUT2D eigenvalue weighted by Gasteiger charge is -2.31. The van der Waals surface area contributed by atoms with Gasteiger partial charge in [-0.2, -0.15) is 4.31 Å². The maximum absolute atomic E-state index is 14.4. The average molecular weight is 580 g/mol. The van der Waals surface area contributed by atoms with E-state index in [1.807, 2.05) is 43.3 Å². The average Bonchev–Trinajstić information content (AvgIpc) is 3.45. The first-order valence-electron chi connectivity index (χ1n) is 14.5. The van der Waals surface area contributed by atoms with E-state index in [1.165, 1.54) is 12.1 Å². The molecule has 1 fully saturated rings. The summed E-state index contributed by atoms with van der Waals surface area (Å²) >= 11 is 0. The topological polar surface area (TPSA) is 81.2 Å². The van der Waals surface area contributed by atoms with Crippen molar-refractivity contribution in [2.24, 2.45) is 0 Å². The van der Waals surface area contributed by atoms with Crippen molar-refractivity contribution in [2.45, 2.75) is 63.4 Å². The fourth-order valence-corrected chi connectivity index (χ4v) is 8.00.